The van der Waals surface area contributed by atoms with Crippen molar-refractivity contribution in [1.82, 2.24) is 10.3 Å². The van der Waals surface area contributed by atoms with Gasteiger partial charge in [0.2, 0.25) is 5.44 Å². The maximum Gasteiger partial charge on any atom is 0.272 e. The molecule has 0 aliphatic heterocycles. The SMILES string of the molecule is COCCC#CC(C)(C)NC(=O)C(Oc1cc(C)c2ncc(Br)cc2c1)SC. The molecule has 150 valence electrons. The number of hydrogen-bond acceptors (Lipinski definition) is 5. The fraction of sp³-hybridized carbons (Fsp3) is 0.429. The zero-order chi connectivity index (χ0) is 20.7. The van der Waals surface area contributed by atoms with E-state index in [4.69, 9.17) is 9.47 Å². The third-order valence-electron chi connectivity index (χ3n) is 3.85. The molecule has 0 radical (unpaired) electrons. The van der Waals surface area contributed by atoms with Crippen LogP contribution in [0.25, 0.3) is 10.9 Å². The Morgan fingerprint density at radius 2 is 2.14 bits per heavy atom. The van der Waals surface area contributed by atoms with Gasteiger partial charge in [0.1, 0.15) is 5.75 Å². The molecule has 0 aliphatic carbocycles. The van der Waals surface area contributed by atoms with Crippen LogP contribution in [0.15, 0.2) is 28.9 Å². The second-order valence-corrected chi connectivity index (χ2v) is 8.62. The summed E-state index contributed by atoms with van der Waals surface area (Å²) in [4.78, 5) is 17.2. The van der Waals surface area contributed by atoms with Crippen molar-refractivity contribution in [2.45, 2.75) is 38.2 Å². The van der Waals surface area contributed by atoms with E-state index >= 15 is 0 Å². The molecule has 0 aliphatic rings. The molecule has 28 heavy (non-hydrogen) atoms. The van der Waals surface area contributed by atoms with Gasteiger partial charge in [-0.3, -0.25) is 9.78 Å². The van der Waals surface area contributed by atoms with Crippen molar-refractivity contribution in [1.29, 1.82) is 0 Å². The summed E-state index contributed by atoms with van der Waals surface area (Å²) >= 11 is 4.77. The Morgan fingerprint density at radius 1 is 1.39 bits per heavy atom. The predicted molar refractivity (Wildman–Crippen MR) is 119 cm³/mol. The van der Waals surface area contributed by atoms with Crippen LogP contribution in [0.4, 0.5) is 0 Å². The number of pyridine rings is 1. The van der Waals surface area contributed by atoms with Gasteiger partial charge in [0.05, 0.1) is 17.7 Å². The van der Waals surface area contributed by atoms with Gasteiger partial charge in [-0.05, 0) is 66.7 Å². The van der Waals surface area contributed by atoms with Crippen molar-refractivity contribution < 1.29 is 14.3 Å². The number of methoxy groups -OCH3 is 1. The standard InChI is InChI=1S/C21H25BrN2O3S/c1-14-10-17(12-15-11-16(22)13-23-18(14)15)27-20(28-5)19(25)24-21(2,3)8-6-7-9-26-4/h10-13,20H,7,9H2,1-5H3,(H,24,25). The number of aryl methyl sites for hydroxylation is 1. The second-order valence-electron chi connectivity index (χ2n) is 6.81. The first kappa shape index (κ1) is 22.5. The van der Waals surface area contributed by atoms with Crippen LogP contribution in [0.5, 0.6) is 5.75 Å². The van der Waals surface area contributed by atoms with Crippen molar-refractivity contribution in [3.63, 3.8) is 0 Å². The lowest BCUT2D eigenvalue weighted by atomic mass is 10.1. The Hall–Kier alpha value is -1.75. The van der Waals surface area contributed by atoms with Crippen LogP contribution in [-0.2, 0) is 9.53 Å². The lowest BCUT2D eigenvalue weighted by Gasteiger charge is -2.24. The number of aromatic nitrogens is 1. The van der Waals surface area contributed by atoms with E-state index in [1.165, 1.54) is 11.8 Å². The second kappa shape index (κ2) is 10.1. The summed E-state index contributed by atoms with van der Waals surface area (Å²) in [5, 5.41) is 3.90. The Labute approximate surface area is 179 Å². The number of benzene rings is 1. The quantitative estimate of drug-likeness (QED) is 0.375. The first-order valence-corrected chi connectivity index (χ1v) is 10.9. The summed E-state index contributed by atoms with van der Waals surface area (Å²) in [5.41, 5.74) is 0.561. The van der Waals surface area contributed by atoms with Gasteiger partial charge in [-0.2, -0.15) is 0 Å². The molecule has 1 N–H and O–H groups in total. The van der Waals surface area contributed by atoms with Gasteiger partial charge in [0.15, 0.2) is 0 Å². The van der Waals surface area contributed by atoms with E-state index in [-0.39, 0.29) is 5.91 Å². The van der Waals surface area contributed by atoms with Crippen LogP contribution in [0.1, 0.15) is 25.8 Å². The van der Waals surface area contributed by atoms with Crippen LogP contribution in [-0.4, -0.2) is 41.8 Å². The maximum absolute atomic E-state index is 12.7. The number of rotatable bonds is 7. The fourth-order valence-corrected chi connectivity index (χ4v) is 3.44. The zero-order valence-corrected chi connectivity index (χ0v) is 19.2. The molecule has 7 heteroatoms. The van der Waals surface area contributed by atoms with E-state index in [1.54, 1.807) is 13.3 Å². The van der Waals surface area contributed by atoms with Gasteiger partial charge in [-0.1, -0.05) is 11.8 Å². The van der Waals surface area contributed by atoms with Gasteiger partial charge < -0.3 is 14.8 Å². The number of hydrogen-bond donors (Lipinski definition) is 1. The third kappa shape index (κ3) is 6.40. The topological polar surface area (TPSA) is 60.5 Å². The highest BCUT2D eigenvalue weighted by atomic mass is 79.9. The number of carbonyl (C=O) groups is 1. The van der Waals surface area contributed by atoms with E-state index in [9.17, 15) is 4.79 Å². The molecule has 1 aromatic carbocycles. The largest absolute Gasteiger partial charge is 0.470 e. The third-order valence-corrected chi connectivity index (χ3v) is 5.03. The number of thioether (sulfide) groups is 1. The normalized spacial score (nSPS) is 12.2. The summed E-state index contributed by atoms with van der Waals surface area (Å²) < 4.78 is 11.9. The molecular formula is C21H25BrN2O3S. The lowest BCUT2D eigenvalue weighted by Crippen LogP contribution is -2.47. The number of ether oxygens (including phenoxy) is 2. The average Bonchev–Trinajstić information content (AvgIpc) is 2.62. The molecule has 0 spiro atoms. The van der Waals surface area contributed by atoms with Gasteiger partial charge in [-0.25, -0.2) is 0 Å². The summed E-state index contributed by atoms with van der Waals surface area (Å²) in [5.74, 6) is 6.50. The fourth-order valence-electron chi connectivity index (χ4n) is 2.61. The number of nitrogens with zero attached hydrogens (tertiary/aromatic N) is 1. The number of carbonyl (C=O) groups excluding carboxylic acids is 1. The summed E-state index contributed by atoms with van der Waals surface area (Å²) in [7, 11) is 1.64. The Kier molecular flexibility index (Phi) is 8.17. The molecule has 5 nitrogen and oxygen atoms in total. The highest BCUT2D eigenvalue weighted by molar-refractivity contribution is 9.10. The number of fused-ring (bicyclic) bond motifs is 1. The highest BCUT2D eigenvalue weighted by Crippen LogP contribution is 2.27. The van der Waals surface area contributed by atoms with Gasteiger partial charge in [0, 0.05) is 29.6 Å². The lowest BCUT2D eigenvalue weighted by molar-refractivity contribution is -0.125. The van der Waals surface area contributed by atoms with Crippen LogP contribution in [0.3, 0.4) is 0 Å². The molecule has 0 saturated carbocycles. The van der Waals surface area contributed by atoms with Gasteiger partial charge >= 0.3 is 0 Å². The molecule has 2 rings (SSSR count). The maximum atomic E-state index is 12.7. The molecular weight excluding hydrogens is 440 g/mol. The minimum absolute atomic E-state index is 0.219. The van der Waals surface area contributed by atoms with Crippen LogP contribution in [0.2, 0.25) is 0 Å². The Balaban J connectivity index is 2.13. The molecule has 0 bridgehead atoms. The van der Waals surface area contributed by atoms with Gasteiger partial charge in [0.25, 0.3) is 5.91 Å². The van der Waals surface area contributed by atoms with Crippen molar-refractivity contribution in [2.75, 3.05) is 20.0 Å². The summed E-state index contributed by atoms with van der Waals surface area (Å²) in [6, 6.07) is 5.77. The molecule has 0 saturated heterocycles. The van der Waals surface area contributed by atoms with E-state index in [0.717, 1.165) is 20.9 Å². The van der Waals surface area contributed by atoms with Crippen LogP contribution in [0, 0.1) is 18.8 Å². The highest BCUT2D eigenvalue weighted by Gasteiger charge is 2.25. The number of halogens is 1. The number of nitrogens with one attached hydrogen (secondary N) is 1. The van der Waals surface area contributed by atoms with E-state index < -0.39 is 11.0 Å². The number of amides is 1. The molecule has 1 heterocycles. The van der Waals surface area contributed by atoms with E-state index in [0.29, 0.717) is 18.8 Å². The van der Waals surface area contributed by atoms with Crippen LogP contribution < -0.4 is 10.1 Å². The average molecular weight is 465 g/mol. The van der Waals surface area contributed by atoms with E-state index in [2.05, 4.69) is 38.1 Å². The molecule has 1 amide bonds. The molecule has 1 atom stereocenters. The first-order chi connectivity index (χ1) is 13.3. The zero-order valence-electron chi connectivity index (χ0n) is 16.8. The first-order valence-electron chi connectivity index (χ1n) is 8.82. The Morgan fingerprint density at radius 3 is 2.82 bits per heavy atom. The Bertz CT molecular complexity index is 906. The van der Waals surface area contributed by atoms with Crippen LogP contribution >= 0.6 is 27.7 Å². The summed E-state index contributed by atoms with van der Waals surface area (Å²) in [6.45, 7) is 6.28. The van der Waals surface area contributed by atoms with Crippen molar-refractivity contribution >= 4 is 44.5 Å². The van der Waals surface area contributed by atoms with E-state index in [1.807, 2.05) is 45.2 Å². The predicted octanol–water partition coefficient (Wildman–Crippen LogP) is 4.31. The molecule has 1 unspecified atom stereocenters. The van der Waals surface area contributed by atoms with Crippen molar-refractivity contribution in [3.8, 4) is 17.6 Å². The minimum Gasteiger partial charge on any atom is -0.470 e. The monoisotopic (exact) mass is 464 g/mol. The minimum atomic E-state index is -0.683. The molecule has 0 fully saturated rings. The van der Waals surface area contributed by atoms with Crippen molar-refractivity contribution in [3.05, 3.63) is 34.4 Å². The van der Waals surface area contributed by atoms with Gasteiger partial charge in [-0.15, -0.1) is 11.8 Å². The molecule has 2 aromatic rings. The smallest absolute Gasteiger partial charge is 0.272 e. The molecule has 1 aromatic heterocycles. The van der Waals surface area contributed by atoms with Crippen molar-refractivity contribution in [2.24, 2.45) is 0 Å². The summed E-state index contributed by atoms with van der Waals surface area (Å²) in [6.07, 6.45) is 4.23.